The van der Waals surface area contributed by atoms with Gasteiger partial charge in [-0.25, -0.2) is 4.39 Å². The van der Waals surface area contributed by atoms with Crippen LogP contribution in [0.2, 0.25) is 0 Å². The van der Waals surface area contributed by atoms with E-state index in [4.69, 9.17) is 18.0 Å². The molecular weight excluding hydrogens is 279 g/mol. The van der Waals surface area contributed by atoms with Gasteiger partial charge in [0.1, 0.15) is 10.8 Å². The van der Waals surface area contributed by atoms with Crippen molar-refractivity contribution >= 4 is 34.2 Å². The second-order valence-corrected chi connectivity index (χ2v) is 5.75. The Kier molecular flexibility index (Phi) is 4.17. The summed E-state index contributed by atoms with van der Waals surface area (Å²) in [5.41, 5.74) is 6.55. The number of halogens is 1. The number of anilines is 1. The smallest absolute Gasteiger partial charge is 0.135 e. The maximum absolute atomic E-state index is 13.9. The largest absolute Gasteiger partial charge is 0.389 e. The molecule has 19 heavy (non-hydrogen) atoms. The van der Waals surface area contributed by atoms with Crippen LogP contribution in [0.5, 0.6) is 0 Å². The summed E-state index contributed by atoms with van der Waals surface area (Å²) in [7, 11) is 1.94. The topological polar surface area (TPSA) is 29.3 Å². The van der Waals surface area contributed by atoms with Crippen molar-refractivity contribution in [2.75, 3.05) is 11.9 Å². The van der Waals surface area contributed by atoms with Crippen molar-refractivity contribution in [2.24, 2.45) is 5.73 Å². The standard InChI is InChI=1S/C14H15FN2S2/c1-9(13-4-3-7-19-13)17(2)10-5-6-11(14(16)18)12(15)8-10/h3-9H,1-2H3,(H2,16,18). The molecule has 0 aliphatic rings. The lowest BCUT2D eigenvalue weighted by atomic mass is 10.1. The average Bonchev–Trinajstić information content (AvgIpc) is 2.90. The van der Waals surface area contributed by atoms with E-state index in [1.165, 1.54) is 10.9 Å². The maximum atomic E-state index is 13.9. The average molecular weight is 294 g/mol. The predicted octanol–water partition coefficient (Wildman–Crippen LogP) is 3.72. The minimum atomic E-state index is -0.379. The lowest BCUT2D eigenvalue weighted by molar-refractivity contribution is 0.623. The van der Waals surface area contributed by atoms with Crippen LogP contribution >= 0.6 is 23.6 Å². The molecule has 0 radical (unpaired) electrons. The zero-order chi connectivity index (χ0) is 14.0. The molecule has 0 spiro atoms. The highest BCUT2D eigenvalue weighted by Crippen LogP contribution is 2.29. The molecule has 1 aromatic heterocycles. The van der Waals surface area contributed by atoms with Gasteiger partial charge in [0.15, 0.2) is 0 Å². The lowest BCUT2D eigenvalue weighted by Crippen LogP contribution is -2.21. The van der Waals surface area contributed by atoms with E-state index in [0.717, 1.165) is 5.69 Å². The first kappa shape index (κ1) is 14.0. The first-order chi connectivity index (χ1) is 9.00. The Morgan fingerprint density at radius 2 is 2.16 bits per heavy atom. The van der Waals surface area contributed by atoms with Gasteiger partial charge in [-0.1, -0.05) is 18.3 Å². The first-order valence-electron chi connectivity index (χ1n) is 5.86. The number of hydrogen-bond donors (Lipinski definition) is 1. The molecule has 5 heteroatoms. The maximum Gasteiger partial charge on any atom is 0.135 e. The molecule has 2 nitrogen and oxygen atoms in total. The van der Waals surface area contributed by atoms with Crippen LogP contribution in [-0.4, -0.2) is 12.0 Å². The molecule has 100 valence electrons. The van der Waals surface area contributed by atoms with Crippen LogP contribution < -0.4 is 10.6 Å². The lowest BCUT2D eigenvalue weighted by Gasteiger charge is -2.26. The van der Waals surface area contributed by atoms with E-state index in [0.29, 0.717) is 0 Å². The van der Waals surface area contributed by atoms with Crippen molar-refractivity contribution in [3.8, 4) is 0 Å². The Morgan fingerprint density at radius 3 is 2.68 bits per heavy atom. The third kappa shape index (κ3) is 2.93. The molecule has 0 bridgehead atoms. The Labute approximate surface area is 121 Å². The van der Waals surface area contributed by atoms with Gasteiger partial charge in [-0.2, -0.15) is 0 Å². The highest BCUT2D eigenvalue weighted by atomic mass is 32.1. The molecule has 1 heterocycles. The molecule has 0 fully saturated rings. The second kappa shape index (κ2) is 5.67. The summed E-state index contributed by atoms with van der Waals surface area (Å²) in [6.07, 6.45) is 0. The van der Waals surface area contributed by atoms with Gasteiger partial charge in [0.25, 0.3) is 0 Å². The summed E-state index contributed by atoms with van der Waals surface area (Å²) >= 11 is 6.49. The van der Waals surface area contributed by atoms with E-state index in [2.05, 4.69) is 13.0 Å². The van der Waals surface area contributed by atoms with Gasteiger partial charge in [0.2, 0.25) is 0 Å². The minimum absolute atomic E-state index is 0.0815. The van der Waals surface area contributed by atoms with Crippen molar-refractivity contribution < 1.29 is 4.39 Å². The number of thiocarbonyl (C=S) groups is 1. The number of thiophene rings is 1. The van der Waals surface area contributed by atoms with Gasteiger partial charge in [-0.3, -0.25) is 0 Å². The third-order valence-corrected chi connectivity index (χ3v) is 4.42. The van der Waals surface area contributed by atoms with Crippen molar-refractivity contribution in [1.29, 1.82) is 0 Å². The van der Waals surface area contributed by atoms with Crippen LogP contribution in [0.1, 0.15) is 23.4 Å². The monoisotopic (exact) mass is 294 g/mol. The molecule has 1 unspecified atom stereocenters. The normalized spacial score (nSPS) is 12.2. The molecule has 0 saturated heterocycles. The van der Waals surface area contributed by atoms with E-state index in [9.17, 15) is 4.39 Å². The number of rotatable bonds is 4. The molecule has 0 aliphatic carbocycles. The van der Waals surface area contributed by atoms with Crippen LogP contribution in [0, 0.1) is 5.82 Å². The minimum Gasteiger partial charge on any atom is -0.389 e. The molecule has 0 saturated carbocycles. The molecule has 1 aromatic carbocycles. The molecule has 2 rings (SSSR count). The van der Waals surface area contributed by atoms with Crippen molar-refractivity contribution in [3.05, 3.63) is 52.0 Å². The number of hydrogen-bond acceptors (Lipinski definition) is 3. The third-order valence-electron chi connectivity index (χ3n) is 3.16. The Morgan fingerprint density at radius 1 is 1.42 bits per heavy atom. The van der Waals surface area contributed by atoms with Crippen LogP contribution in [0.15, 0.2) is 35.7 Å². The molecule has 2 aromatic rings. The summed E-state index contributed by atoms with van der Waals surface area (Å²) in [5.74, 6) is -0.379. The quantitative estimate of drug-likeness (QED) is 0.871. The molecule has 1 atom stereocenters. The summed E-state index contributed by atoms with van der Waals surface area (Å²) < 4.78 is 13.9. The van der Waals surface area contributed by atoms with E-state index < -0.39 is 0 Å². The van der Waals surface area contributed by atoms with E-state index >= 15 is 0 Å². The highest BCUT2D eigenvalue weighted by Gasteiger charge is 2.15. The van der Waals surface area contributed by atoms with Crippen LogP contribution in [0.4, 0.5) is 10.1 Å². The first-order valence-corrected chi connectivity index (χ1v) is 7.15. The molecule has 0 aliphatic heterocycles. The van der Waals surface area contributed by atoms with Gasteiger partial charge in [-0.15, -0.1) is 11.3 Å². The Hall–Kier alpha value is -1.46. The SMILES string of the molecule is CC(c1cccs1)N(C)c1ccc(C(N)=S)c(F)c1. The summed E-state index contributed by atoms with van der Waals surface area (Å²) in [5, 5.41) is 2.04. The fourth-order valence-corrected chi connectivity index (χ4v) is 2.86. The fourth-order valence-electron chi connectivity index (χ4n) is 1.87. The van der Waals surface area contributed by atoms with Crippen LogP contribution in [-0.2, 0) is 0 Å². The van der Waals surface area contributed by atoms with E-state index in [1.807, 2.05) is 29.5 Å². The zero-order valence-electron chi connectivity index (χ0n) is 10.8. The van der Waals surface area contributed by atoms with Crippen molar-refractivity contribution in [2.45, 2.75) is 13.0 Å². The van der Waals surface area contributed by atoms with Gasteiger partial charge in [0, 0.05) is 23.2 Å². The zero-order valence-corrected chi connectivity index (χ0v) is 12.4. The number of nitrogens with two attached hydrogens (primary N) is 1. The molecule has 2 N–H and O–H groups in total. The van der Waals surface area contributed by atoms with Gasteiger partial charge >= 0.3 is 0 Å². The van der Waals surface area contributed by atoms with Gasteiger partial charge < -0.3 is 10.6 Å². The van der Waals surface area contributed by atoms with E-state index in [1.54, 1.807) is 17.4 Å². The van der Waals surface area contributed by atoms with Gasteiger partial charge in [0.05, 0.1) is 6.04 Å². The van der Waals surface area contributed by atoms with Crippen LogP contribution in [0.25, 0.3) is 0 Å². The van der Waals surface area contributed by atoms with Crippen molar-refractivity contribution in [3.63, 3.8) is 0 Å². The van der Waals surface area contributed by atoms with Crippen LogP contribution in [0.3, 0.4) is 0 Å². The summed E-state index contributed by atoms with van der Waals surface area (Å²) in [6.45, 7) is 2.09. The summed E-state index contributed by atoms with van der Waals surface area (Å²) in [4.78, 5) is 3.34. The molecular formula is C14H15FN2S2. The second-order valence-electron chi connectivity index (χ2n) is 4.33. The Bertz CT molecular complexity index is 581. The highest BCUT2D eigenvalue weighted by molar-refractivity contribution is 7.80. The summed E-state index contributed by atoms with van der Waals surface area (Å²) in [6, 6.07) is 9.22. The fraction of sp³-hybridized carbons (Fsp3) is 0.214. The number of nitrogens with zero attached hydrogens (tertiary/aromatic N) is 1. The molecule has 0 amide bonds. The van der Waals surface area contributed by atoms with E-state index in [-0.39, 0.29) is 22.4 Å². The van der Waals surface area contributed by atoms with Gasteiger partial charge in [-0.05, 0) is 36.6 Å². The number of benzene rings is 1. The van der Waals surface area contributed by atoms with Crippen molar-refractivity contribution in [1.82, 2.24) is 0 Å². The predicted molar refractivity (Wildman–Crippen MR) is 83.4 cm³/mol. The Balaban J connectivity index is 2.27.